The maximum absolute atomic E-state index is 11.9. The molecule has 0 spiro atoms. The lowest BCUT2D eigenvalue weighted by molar-refractivity contribution is 0.0602. The van der Waals surface area contributed by atoms with Crippen molar-refractivity contribution in [1.82, 2.24) is 0 Å². The van der Waals surface area contributed by atoms with Gasteiger partial charge in [-0.25, -0.2) is 4.79 Å². The number of anilines is 2. The molecule has 3 rings (SSSR count). The lowest BCUT2D eigenvalue weighted by Gasteiger charge is -2.25. The van der Waals surface area contributed by atoms with Gasteiger partial charge in [-0.05, 0) is 35.2 Å². The molecule has 2 aromatic carbocycles. The fraction of sp³-hybridized carbons (Fsp3) is 0.278. The van der Waals surface area contributed by atoms with Crippen LogP contribution >= 0.6 is 0 Å². The highest BCUT2D eigenvalue weighted by Crippen LogP contribution is 2.36. The van der Waals surface area contributed by atoms with E-state index < -0.39 is 0 Å². The molecule has 1 aliphatic rings. The summed E-state index contributed by atoms with van der Waals surface area (Å²) in [4.78, 5) is 11.9. The van der Waals surface area contributed by atoms with Gasteiger partial charge in [-0.3, -0.25) is 0 Å². The van der Waals surface area contributed by atoms with Gasteiger partial charge in [0.05, 0.1) is 18.4 Å². The van der Waals surface area contributed by atoms with Crippen LogP contribution in [0.4, 0.5) is 11.4 Å². The van der Waals surface area contributed by atoms with Crippen LogP contribution in [-0.2, 0) is 17.6 Å². The summed E-state index contributed by atoms with van der Waals surface area (Å²) in [5.41, 5.74) is 6.38. The Hall–Kier alpha value is -2.29. The Morgan fingerprint density at radius 1 is 1.24 bits per heavy atom. The molecular formula is C18H21NO2. The second-order valence-electron chi connectivity index (χ2n) is 4.93. The summed E-state index contributed by atoms with van der Waals surface area (Å²) in [6, 6.07) is 12.0. The third kappa shape index (κ3) is 2.51. The third-order valence-electron chi connectivity index (χ3n) is 3.84. The molecule has 0 saturated carbocycles. The van der Waals surface area contributed by atoms with E-state index in [0.29, 0.717) is 5.56 Å². The fourth-order valence-electron chi connectivity index (χ4n) is 2.79. The highest BCUT2D eigenvalue weighted by Gasteiger charge is 2.22. The Balaban J connectivity index is 0.00000161. The van der Waals surface area contributed by atoms with Gasteiger partial charge in [0.25, 0.3) is 0 Å². The van der Waals surface area contributed by atoms with Crippen LogP contribution in [0.2, 0.25) is 0 Å². The lowest BCUT2D eigenvalue weighted by atomic mass is 9.91. The maximum Gasteiger partial charge on any atom is 0.339 e. The van der Waals surface area contributed by atoms with E-state index >= 15 is 0 Å². The topological polar surface area (TPSA) is 38.3 Å². The number of aryl methyl sites for hydroxylation is 1. The van der Waals surface area contributed by atoms with Crippen molar-refractivity contribution >= 4 is 17.3 Å². The molecule has 0 aromatic heterocycles. The molecule has 0 bridgehead atoms. The van der Waals surface area contributed by atoms with Crippen LogP contribution < -0.4 is 5.32 Å². The summed E-state index contributed by atoms with van der Waals surface area (Å²) in [6.45, 7) is 2.16. The minimum atomic E-state index is -0.301. The number of nitrogens with one attached hydrogen (secondary N) is 1. The molecule has 1 heterocycles. The smallest absolute Gasteiger partial charge is 0.339 e. The van der Waals surface area contributed by atoms with Gasteiger partial charge in [0.2, 0.25) is 0 Å². The number of benzene rings is 2. The maximum atomic E-state index is 11.9. The first-order chi connectivity index (χ1) is 9.74. The molecule has 0 unspecified atom stereocenters. The van der Waals surface area contributed by atoms with Crippen LogP contribution in [0.1, 0.15) is 41.4 Å². The Morgan fingerprint density at radius 2 is 2.00 bits per heavy atom. The Kier molecular flexibility index (Phi) is 4.32. The number of rotatable bonds is 2. The molecule has 0 saturated heterocycles. The highest BCUT2D eigenvalue weighted by molar-refractivity contribution is 5.98. The van der Waals surface area contributed by atoms with Crippen LogP contribution in [-0.4, -0.2) is 13.1 Å². The number of hydrogen-bond acceptors (Lipinski definition) is 3. The van der Waals surface area contributed by atoms with Crippen molar-refractivity contribution in [3.05, 3.63) is 58.7 Å². The van der Waals surface area contributed by atoms with Crippen LogP contribution in [0.25, 0.3) is 0 Å². The standard InChI is InChI=1S/C17H17NO2.CH4/c1-3-11-6-5-9-15-14(11)10-12-7-4-8-13(16(12)18-15)17(19)20-2;/h4-9,18H,3,10H2,1-2H3;1H4. The van der Waals surface area contributed by atoms with E-state index in [4.69, 9.17) is 4.74 Å². The summed E-state index contributed by atoms with van der Waals surface area (Å²) < 4.78 is 4.86. The largest absolute Gasteiger partial charge is 0.465 e. The van der Waals surface area contributed by atoms with E-state index in [0.717, 1.165) is 29.8 Å². The van der Waals surface area contributed by atoms with E-state index in [1.54, 1.807) is 6.07 Å². The minimum Gasteiger partial charge on any atom is -0.465 e. The molecule has 2 aromatic rings. The number of carbonyl (C=O) groups excluding carboxylic acids is 1. The molecule has 0 aliphatic carbocycles. The summed E-state index contributed by atoms with van der Waals surface area (Å²) >= 11 is 0. The number of carbonyl (C=O) groups is 1. The molecule has 21 heavy (non-hydrogen) atoms. The van der Waals surface area contributed by atoms with Gasteiger partial charge in [0, 0.05) is 12.1 Å². The molecule has 0 fully saturated rings. The molecule has 0 atom stereocenters. The average Bonchev–Trinajstić information content (AvgIpc) is 2.51. The van der Waals surface area contributed by atoms with Crippen molar-refractivity contribution in [3.8, 4) is 0 Å². The quantitative estimate of drug-likeness (QED) is 0.712. The van der Waals surface area contributed by atoms with Crippen molar-refractivity contribution in [1.29, 1.82) is 0 Å². The molecule has 0 amide bonds. The molecule has 0 radical (unpaired) electrons. The zero-order valence-electron chi connectivity index (χ0n) is 11.7. The molecular weight excluding hydrogens is 262 g/mol. The van der Waals surface area contributed by atoms with Gasteiger partial charge < -0.3 is 10.1 Å². The summed E-state index contributed by atoms with van der Waals surface area (Å²) in [5.74, 6) is -0.301. The van der Waals surface area contributed by atoms with Crippen LogP contribution in [0.5, 0.6) is 0 Å². The van der Waals surface area contributed by atoms with Gasteiger partial charge in [-0.2, -0.15) is 0 Å². The SMILES string of the molecule is C.CCc1cccc2c1Cc1cccc(C(=O)OC)c1N2. The monoisotopic (exact) mass is 283 g/mol. The highest BCUT2D eigenvalue weighted by atomic mass is 16.5. The summed E-state index contributed by atoms with van der Waals surface area (Å²) in [6.07, 6.45) is 1.86. The van der Waals surface area contributed by atoms with E-state index in [1.807, 2.05) is 6.07 Å². The second kappa shape index (κ2) is 6.00. The van der Waals surface area contributed by atoms with E-state index in [1.165, 1.54) is 18.2 Å². The average molecular weight is 283 g/mol. The van der Waals surface area contributed by atoms with Gasteiger partial charge >= 0.3 is 5.97 Å². The van der Waals surface area contributed by atoms with Gasteiger partial charge in [0.1, 0.15) is 0 Å². The van der Waals surface area contributed by atoms with Crippen molar-refractivity contribution < 1.29 is 9.53 Å². The molecule has 3 heteroatoms. The minimum absolute atomic E-state index is 0. The molecule has 3 nitrogen and oxygen atoms in total. The van der Waals surface area contributed by atoms with Crippen molar-refractivity contribution in [2.24, 2.45) is 0 Å². The van der Waals surface area contributed by atoms with Gasteiger partial charge in [-0.1, -0.05) is 38.6 Å². The zero-order chi connectivity index (χ0) is 14.1. The van der Waals surface area contributed by atoms with Crippen molar-refractivity contribution in [3.63, 3.8) is 0 Å². The number of hydrogen-bond donors (Lipinski definition) is 1. The number of fused-ring (bicyclic) bond motifs is 2. The normalized spacial score (nSPS) is 11.5. The summed E-state index contributed by atoms with van der Waals surface area (Å²) in [7, 11) is 1.41. The van der Waals surface area contributed by atoms with E-state index in [-0.39, 0.29) is 13.4 Å². The molecule has 110 valence electrons. The Bertz CT molecular complexity index is 677. The van der Waals surface area contributed by atoms with Gasteiger partial charge in [0.15, 0.2) is 0 Å². The lowest BCUT2D eigenvalue weighted by Crippen LogP contribution is -2.14. The fourth-order valence-corrected chi connectivity index (χ4v) is 2.79. The molecule has 1 N–H and O–H groups in total. The number of esters is 1. The zero-order valence-corrected chi connectivity index (χ0v) is 11.7. The summed E-state index contributed by atoms with van der Waals surface area (Å²) in [5, 5.41) is 3.40. The van der Waals surface area contributed by atoms with Crippen LogP contribution in [0, 0.1) is 0 Å². The van der Waals surface area contributed by atoms with Crippen molar-refractivity contribution in [2.45, 2.75) is 27.2 Å². The van der Waals surface area contributed by atoms with E-state index in [2.05, 4.69) is 36.5 Å². The van der Waals surface area contributed by atoms with Crippen molar-refractivity contribution in [2.75, 3.05) is 12.4 Å². The number of methoxy groups -OCH3 is 1. The van der Waals surface area contributed by atoms with Gasteiger partial charge in [-0.15, -0.1) is 0 Å². The first-order valence-corrected chi connectivity index (χ1v) is 6.82. The predicted octanol–water partition coefficient (Wildman–Crippen LogP) is 4.32. The van der Waals surface area contributed by atoms with Crippen LogP contribution in [0.3, 0.4) is 0 Å². The number of para-hydroxylation sites is 1. The van der Waals surface area contributed by atoms with Crippen LogP contribution in [0.15, 0.2) is 36.4 Å². The van der Waals surface area contributed by atoms with E-state index in [9.17, 15) is 4.79 Å². The Labute approximate surface area is 126 Å². The second-order valence-corrected chi connectivity index (χ2v) is 4.93. The first-order valence-electron chi connectivity index (χ1n) is 6.82. The third-order valence-corrected chi connectivity index (χ3v) is 3.84. The first kappa shape index (κ1) is 15.1. The predicted molar refractivity (Wildman–Crippen MR) is 86.4 cm³/mol. The Morgan fingerprint density at radius 3 is 2.71 bits per heavy atom. The molecule has 1 aliphatic heterocycles. The number of ether oxygens (including phenoxy) is 1.